The summed E-state index contributed by atoms with van der Waals surface area (Å²) in [6.45, 7) is 0.268. The van der Waals surface area contributed by atoms with Gasteiger partial charge in [0, 0.05) is 23.6 Å². The molecule has 0 fully saturated rings. The van der Waals surface area contributed by atoms with Gasteiger partial charge in [0.1, 0.15) is 0 Å². The van der Waals surface area contributed by atoms with Crippen LogP contribution in [0.15, 0.2) is 62.8 Å². The zero-order valence-electron chi connectivity index (χ0n) is 13.1. The minimum atomic E-state index is -3.67. The average Bonchev–Trinajstić information content (AvgIpc) is 3.16. The number of hydrogen-bond acceptors (Lipinski definition) is 4. The number of rotatable bonds is 5. The lowest BCUT2D eigenvalue weighted by Crippen LogP contribution is -2.25. The van der Waals surface area contributed by atoms with E-state index in [9.17, 15) is 13.2 Å². The summed E-state index contributed by atoms with van der Waals surface area (Å²) in [5, 5.41) is 1.08. The summed E-state index contributed by atoms with van der Waals surface area (Å²) in [7, 11) is -3.67. The second-order valence-electron chi connectivity index (χ2n) is 5.68. The molecule has 0 bridgehead atoms. The third-order valence-corrected chi connectivity index (χ3v) is 5.52. The molecule has 4 rings (SSSR count). The molecule has 0 aliphatic heterocycles. The van der Waals surface area contributed by atoms with Crippen molar-refractivity contribution < 1.29 is 12.8 Å². The van der Waals surface area contributed by atoms with Crippen LogP contribution >= 0.6 is 0 Å². The quantitative estimate of drug-likeness (QED) is 0.508. The minimum absolute atomic E-state index is 0.0796. The molecule has 8 heteroatoms. The number of benzene rings is 2. The zero-order valence-corrected chi connectivity index (χ0v) is 13.9. The number of H-pyrrole nitrogens is 2. The summed E-state index contributed by atoms with van der Waals surface area (Å²) >= 11 is 0. The van der Waals surface area contributed by atoms with Gasteiger partial charge in [-0.05, 0) is 36.2 Å². The Hall–Kier alpha value is -2.84. The Morgan fingerprint density at radius 2 is 1.92 bits per heavy atom. The highest BCUT2D eigenvalue weighted by molar-refractivity contribution is 7.89. The number of oxazole rings is 1. The molecule has 0 saturated carbocycles. The molecule has 128 valence electrons. The predicted molar refractivity (Wildman–Crippen MR) is 94.0 cm³/mol. The van der Waals surface area contributed by atoms with E-state index in [1.54, 1.807) is 0 Å². The Labute approximate surface area is 142 Å². The van der Waals surface area contributed by atoms with E-state index in [2.05, 4.69) is 14.7 Å². The van der Waals surface area contributed by atoms with E-state index in [0.717, 1.165) is 16.5 Å². The molecule has 0 radical (unpaired) electrons. The molecular formula is C17H15N3O4S. The van der Waals surface area contributed by atoms with Gasteiger partial charge in [0.25, 0.3) is 0 Å². The summed E-state index contributed by atoms with van der Waals surface area (Å²) < 4.78 is 32.3. The van der Waals surface area contributed by atoms with Crippen LogP contribution in [0, 0.1) is 0 Å². The standard InChI is InChI=1S/C17H15N3O4S/c21-17-20-15-9-12(5-6-16(15)24-17)25(22,23)19-8-7-11-10-18-14-4-2-1-3-13(11)14/h1-6,9-10,18-19H,7-8H2,(H,20,21). The third-order valence-electron chi connectivity index (χ3n) is 4.06. The number of sulfonamides is 1. The monoisotopic (exact) mass is 357 g/mol. The van der Waals surface area contributed by atoms with Crippen LogP contribution in [0.5, 0.6) is 0 Å². The lowest BCUT2D eigenvalue weighted by Gasteiger charge is -2.06. The first-order valence-corrected chi connectivity index (χ1v) is 9.19. The molecule has 3 N–H and O–H groups in total. The van der Waals surface area contributed by atoms with Gasteiger partial charge in [0.2, 0.25) is 10.0 Å². The molecule has 7 nitrogen and oxygen atoms in total. The highest BCUT2D eigenvalue weighted by Gasteiger charge is 2.15. The van der Waals surface area contributed by atoms with E-state index in [1.807, 2.05) is 30.5 Å². The molecule has 0 spiro atoms. The molecular weight excluding hydrogens is 342 g/mol. The van der Waals surface area contributed by atoms with Crippen LogP contribution in [0.3, 0.4) is 0 Å². The number of hydrogen-bond donors (Lipinski definition) is 3. The summed E-state index contributed by atoms with van der Waals surface area (Å²) in [6, 6.07) is 12.1. The van der Waals surface area contributed by atoms with Crippen molar-refractivity contribution >= 4 is 32.0 Å². The van der Waals surface area contributed by atoms with Crippen LogP contribution in [0.2, 0.25) is 0 Å². The van der Waals surface area contributed by atoms with E-state index < -0.39 is 15.8 Å². The molecule has 2 aromatic heterocycles. The maximum Gasteiger partial charge on any atom is 0.417 e. The first kappa shape index (κ1) is 15.7. The Kier molecular flexibility index (Phi) is 3.70. The fourth-order valence-corrected chi connectivity index (χ4v) is 3.90. The lowest BCUT2D eigenvalue weighted by molar-refractivity contribution is 0.555. The molecule has 25 heavy (non-hydrogen) atoms. The van der Waals surface area contributed by atoms with Crippen molar-refractivity contribution in [3.8, 4) is 0 Å². The third kappa shape index (κ3) is 2.97. The molecule has 0 aliphatic carbocycles. The van der Waals surface area contributed by atoms with Crippen molar-refractivity contribution in [2.45, 2.75) is 11.3 Å². The van der Waals surface area contributed by atoms with Crippen molar-refractivity contribution in [3.05, 3.63) is 64.8 Å². The predicted octanol–water partition coefficient (Wildman–Crippen LogP) is 2.12. The fraction of sp³-hybridized carbons (Fsp3) is 0.118. The Bertz CT molecular complexity index is 1220. The normalized spacial score (nSPS) is 12.2. The van der Waals surface area contributed by atoms with Crippen molar-refractivity contribution in [1.29, 1.82) is 0 Å². The van der Waals surface area contributed by atoms with E-state index in [1.165, 1.54) is 18.2 Å². The van der Waals surface area contributed by atoms with Crippen molar-refractivity contribution in [2.24, 2.45) is 0 Å². The van der Waals surface area contributed by atoms with Gasteiger partial charge in [0.15, 0.2) is 5.58 Å². The number of nitrogens with one attached hydrogen (secondary N) is 3. The van der Waals surface area contributed by atoms with E-state index in [0.29, 0.717) is 17.5 Å². The molecule has 2 aromatic carbocycles. The fourth-order valence-electron chi connectivity index (χ4n) is 2.84. The van der Waals surface area contributed by atoms with Crippen LogP contribution in [-0.4, -0.2) is 24.9 Å². The number of aromatic nitrogens is 2. The Balaban J connectivity index is 1.51. The Morgan fingerprint density at radius 1 is 1.08 bits per heavy atom. The molecule has 4 aromatic rings. The summed E-state index contributed by atoms with van der Waals surface area (Å²) in [6.07, 6.45) is 2.45. The lowest BCUT2D eigenvalue weighted by atomic mass is 10.1. The van der Waals surface area contributed by atoms with Gasteiger partial charge in [-0.1, -0.05) is 18.2 Å². The van der Waals surface area contributed by atoms with Gasteiger partial charge in [-0.25, -0.2) is 17.9 Å². The summed E-state index contributed by atoms with van der Waals surface area (Å²) in [5.74, 6) is -0.614. The maximum atomic E-state index is 12.4. The van der Waals surface area contributed by atoms with Crippen molar-refractivity contribution in [3.63, 3.8) is 0 Å². The topological polar surface area (TPSA) is 108 Å². The highest BCUT2D eigenvalue weighted by atomic mass is 32.2. The van der Waals surface area contributed by atoms with Crippen LogP contribution in [0.25, 0.3) is 22.0 Å². The van der Waals surface area contributed by atoms with Gasteiger partial charge >= 0.3 is 5.76 Å². The largest absolute Gasteiger partial charge is 0.417 e. The Morgan fingerprint density at radius 3 is 2.80 bits per heavy atom. The van der Waals surface area contributed by atoms with Gasteiger partial charge in [-0.15, -0.1) is 0 Å². The van der Waals surface area contributed by atoms with Crippen molar-refractivity contribution in [2.75, 3.05) is 6.54 Å². The summed E-state index contributed by atoms with van der Waals surface area (Å²) in [4.78, 5) is 16.9. The van der Waals surface area contributed by atoms with Crippen molar-refractivity contribution in [1.82, 2.24) is 14.7 Å². The van der Waals surface area contributed by atoms with Crippen LogP contribution in [-0.2, 0) is 16.4 Å². The number of aromatic amines is 2. The van der Waals surface area contributed by atoms with Crippen LogP contribution in [0.4, 0.5) is 0 Å². The molecule has 0 atom stereocenters. The average molecular weight is 357 g/mol. The van der Waals surface area contributed by atoms with Gasteiger partial charge in [-0.3, -0.25) is 4.98 Å². The molecule has 0 amide bonds. The molecule has 0 saturated heterocycles. The maximum absolute atomic E-state index is 12.4. The van der Waals surface area contributed by atoms with Crippen LogP contribution in [0.1, 0.15) is 5.56 Å². The SMILES string of the molecule is O=c1[nH]c2cc(S(=O)(=O)NCCc3c[nH]c4ccccc34)ccc2o1. The smallest absolute Gasteiger partial charge is 0.408 e. The van der Waals surface area contributed by atoms with E-state index >= 15 is 0 Å². The molecule has 2 heterocycles. The second-order valence-corrected chi connectivity index (χ2v) is 7.45. The van der Waals surface area contributed by atoms with Gasteiger partial charge in [0.05, 0.1) is 10.4 Å². The number of para-hydroxylation sites is 1. The van der Waals surface area contributed by atoms with E-state index in [-0.39, 0.29) is 11.4 Å². The second kappa shape index (κ2) is 5.91. The first-order valence-electron chi connectivity index (χ1n) is 7.70. The first-order chi connectivity index (χ1) is 12.0. The summed E-state index contributed by atoms with van der Waals surface area (Å²) in [5.41, 5.74) is 2.75. The van der Waals surface area contributed by atoms with E-state index in [4.69, 9.17) is 4.42 Å². The van der Waals surface area contributed by atoms with Gasteiger partial charge < -0.3 is 9.40 Å². The molecule has 0 aliphatic rings. The zero-order chi connectivity index (χ0) is 17.4. The van der Waals surface area contributed by atoms with Crippen LogP contribution < -0.4 is 10.5 Å². The number of fused-ring (bicyclic) bond motifs is 2. The highest BCUT2D eigenvalue weighted by Crippen LogP contribution is 2.19. The minimum Gasteiger partial charge on any atom is -0.408 e. The van der Waals surface area contributed by atoms with Gasteiger partial charge in [-0.2, -0.15) is 0 Å². The molecule has 0 unspecified atom stereocenters.